The van der Waals surface area contributed by atoms with Crippen LogP contribution in [0.5, 0.6) is 0 Å². The van der Waals surface area contributed by atoms with Crippen molar-refractivity contribution in [2.45, 2.75) is 39.8 Å². The molecule has 0 saturated carbocycles. The number of benzene rings is 1. The molecule has 96 valence electrons. The maximum atomic E-state index is 6.00. The Morgan fingerprint density at radius 3 is 2.76 bits per heavy atom. The van der Waals surface area contributed by atoms with E-state index >= 15 is 0 Å². The first-order chi connectivity index (χ1) is 8.13. The highest BCUT2D eigenvalue weighted by molar-refractivity contribution is 6.31. The molecule has 1 atom stereocenters. The zero-order valence-electron chi connectivity index (χ0n) is 11.0. The van der Waals surface area contributed by atoms with Crippen molar-refractivity contribution in [3.8, 4) is 0 Å². The second-order valence-electron chi connectivity index (χ2n) is 4.57. The lowest BCUT2D eigenvalue weighted by atomic mass is 10.1. The van der Waals surface area contributed by atoms with Crippen LogP contribution in [0.2, 0.25) is 5.02 Å². The van der Waals surface area contributed by atoms with E-state index in [0.717, 1.165) is 30.2 Å². The van der Waals surface area contributed by atoms with Crippen LogP contribution in [0.15, 0.2) is 18.2 Å². The van der Waals surface area contributed by atoms with Crippen molar-refractivity contribution in [3.63, 3.8) is 0 Å². The third-order valence-electron chi connectivity index (χ3n) is 2.75. The van der Waals surface area contributed by atoms with Crippen molar-refractivity contribution in [3.05, 3.63) is 34.3 Å². The van der Waals surface area contributed by atoms with E-state index in [4.69, 9.17) is 11.6 Å². The normalized spacial score (nSPS) is 12.7. The molecule has 0 fully saturated rings. The Labute approximate surface area is 110 Å². The summed E-state index contributed by atoms with van der Waals surface area (Å²) in [4.78, 5) is 0. The Morgan fingerprint density at radius 2 is 2.12 bits per heavy atom. The van der Waals surface area contributed by atoms with Gasteiger partial charge in [0.15, 0.2) is 0 Å². The fourth-order valence-corrected chi connectivity index (χ4v) is 1.79. The molecular formula is C14H23ClN2. The van der Waals surface area contributed by atoms with E-state index in [1.54, 1.807) is 0 Å². The van der Waals surface area contributed by atoms with Gasteiger partial charge in [-0.3, -0.25) is 0 Å². The molecule has 1 aromatic rings. The molecular weight excluding hydrogens is 232 g/mol. The van der Waals surface area contributed by atoms with Gasteiger partial charge >= 0.3 is 0 Å². The molecule has 0 spiro atoms. The second-order valence-corrected chi connectivity index (χ2v) is 4.98. The van der Waals surface area contributed by atoms with Crippen molar-refractivity contribution >= 4 is 11.6 Å². The van der Waals surface area contributed by atoms with Gasteiger partial charge in [-0.15, -0.1) is 0 Å². The summed E-state index contributed by atoms with van der Waals surface area (Å²) in [5.41, 5.74) is 2.43. The average Bonchev–Trinajstić information content (AvgIpc) is 2.31. The highest BCUT2D eigenvalue weighted by Gasteiger charge is 2.02. The lowest BCUT2D eigenvalue weighted by Gasteiger charge is -2.15. The molecule has 0 amide bonds. The van der Waals surface area contributed by atoms with E-state index in [1.807, 2.05) is 13.0 Å². The maximum Gasteiger partial charge on any atom is 0.0435 e. The number of aryl methyl sites for hydroxylation is 1. The molecule has 1 unspecified atom stereocenters. The Kier molecular flexibility index (Phi) is 6.56. The van der Waals surface area contributed by atoms with Crippen LogP contribution in [0.1, 0.15) is 31.4 Å². The molecule has 0 bridgehead atoms. The first kappa shape index (κ1) is 14.5. The van der Waals surface area contributed by atoms with E-state index in [9.17, 15) is 0 Å². The van der Waals surface area contributed by atoms with E-state index < -0.39 is 0 Å². The molecule has 0 radical (unpaired) electrons. The minimum Gasteiger partial charge on any atom is -0.315 e. The summed E-state index contributed by atoms with van der Waals surface area (Å²) >= 11 is 6.00. The van der Waals surface area contributed by atoms with Gasteiger partial charge in [0.2, 0.25) is 0 Å². The summed E-state index contributed by atoms with van der Waals surface area (Å²) in [6, 6.07) is 6.67. The molecule has 0 saturated heterocycles. The monoisotopic (exact) mass is 254 g/mol. The van der Waals surface area contributed by atoms with E-state index in [1.165, 1.54) is 12.0 Å². The third-order valence-corrected chi connectivity index (χ3v) is 3.18. The molecule has 17 heavy (non-hydrogen) atoms. The molecule has 0 aliphatic heterocycles. The van der Waals surface area contributed by atoms with Gasteiger partial charge in [-0.25, -0.2) is 0 Å². The standard InChI is InChI=1S/C14H23ClN2/c1-4-7-16-9-12(3)17-10-13-5-6-14(15)11(2)8-13/h5-6,8,12,16-17H,4,7,9-10H2,1-3H3. The van der Waals surface area contributed by atoms with Crippen molar-refractivity contribution < 1.29 is 0 Å². The molecule has 1 rings (SSSR count). The van der Waals surface area contributed by atoms with Gasteiger partial charge in [-0.05, 0) is 44.0 Å². The fourth-order valence-electron chi connectivity index (χ4n) is 1.68. The molecule has 0 aliphatic carbocycles. The predicted molar refractivity (Wildman–Crippen MR) is 75.7 cm³/mol. The highest BCUT2D eigenvalue weighted by Crippen LogP contribution is 2.16. The average molecular weight is 255 g/mol. The lowest BCUT2D eigenvalue weighted by molar-refractivity contribution is 0.501. The van der Waals surface area contributed by atoms with Crippen LogP contribution in [-0.4, -0.2) is 19.1 Å². The predicted octanol–water partition coefficient (Wildman–Crippen LogP) is 3.13. The molecule has 1 aromatic carbocycles. The number of hydrogen-bond acceptors (Lipinski definition) is 2. The first-order valence-corrected chi connectivity index (χ1v) is 6.70. The Balaban J connectivity index is 2.31. The molecule has 2 N–H and O–H groups in total. The number of hydrogen-bond donors (Lipinski definition) is 2. The van der Waals surface area contributed by atoms with Crippen LogP contribution in [0.4, 0.5) is 0 Å². The van der Waals surface area contributed by atoms with Crippen molar-refractivity contribution in [1.29, 1.82) is 0 Å². The second kappa shape index (κ2) is 7.70. The van der Waals surface area contributed by atoms with Crippen LogP contribution < -0.4 is 10.6 Å². The van der Waals surface area contributed by atoms with Crippen LogP contribution >= 0.6 is 11.6 Å². The van der Waals surface area contributed by atoms with Crippen LogP contribution in [0.3, 0.4) is 0 Å². The van der Waals surface area contributed by atoms with Gasteiger partial charge in [0, 0.05) is 24.2 Å². The number of nitrogens with one attached hydrogen (secondary N) is 2. The SMILES string of the molecule is CCCNCC(C)NCc1ccc(Cl)c(C)c1. The smallest absolute Gasteiger partial charge is 0.0435 e. The van der Waals surface area contributed by atoms with Gasteiger partial charge in [0.1, 0.15) is 0 Å². The van der Waals surface area contributed by atoms with E-state index in [-0.39, 0.29) is 0 Å². The van der Waals surface area contributed by atoms with Gasteiger partial charge in [0.25, 0.3) is 0 Å². The molecule has 0 aliphatic rings. The van der Waals surface area contributed by atoms with E-state index in [0.29, 0.717) is 6.04 Å². The maximum absolute atomic E-state index is 6.00. The summed E-state index contributed by atoms with van der Waals surface area (Å²) in [5.74, 6) is 0. The first-order valence-electron chi connectivity index (χ1n) is 6.32. The van der Waals surface area contributed by atoms with Gasteiger partial charge in [-0.2, -0.15) is 0 Å². The molecule has 3 heteroatoms. The Morgan fingerprint density at radius 1 is 1.35 bits per heavy atom. The topological polar surface area (TPSA) is 24.1 Å². The molecule has 0 aromatic heterocycles. The largest absolute Gasteiger partial charge is 0.315 e. The van der Waals surface area contributed by atoms with Crippen molar-refractivity contribution in [2.75, 3.05) is 13.1 Å². The molecule has 2 nitrogen and oxygen atoms in total. The number of rotatable bonds is 7. The molecule has 0 heterocycles. The van der Waals surface area contributed by atoms with Gasteiger partial charge in [0.05, 0.1) is 0 Å². The highest BCUT2D eigenvalue weighted by atomic mass is 35.5. The minimum atomic E-state index is 0.484. The zero-order chi connectivity index (χ0) is 12.7. The summed E-state index contributed by atoms with van der Waals surface area (Å²) in [7, 11) is 0. The quantitative estimate of drug-likeness (QED) is 0.731. The minimum absolute atomic E-state index is 0.484. The third kappa shape index (κ3) is 5.53. The van der Waals surface area contributed by atoms with Gasteiger partial charge in [-0.1, -0.05) is 30.7 Å². The van der Waals surface area contributed by atoms with Gasteiger partial charge < -0.3 is 10.6 Å². The summed E-state index contributed by atoms with van der Waals surface area (Å²) in [5, 5.41) is 7.75. The number of halogens is 1. The van der Waals surface area contributed by atoms with E-state index in [2.05, 4.69) is 36.6 Å². The van der Waals surface area contributed by atoms with Crippen molar-refractivity contribution in [1.82, 2.24) is 10.6 Å². The lowest BCUT2D eigenvalue weighted by Crippen LogP contribution is -2.36. The van der Waals surface area contributed by atoms with Crippen LogP contribution in [-0.2, 0) is 6.54 Å². The summed E-state index contributed by atoms with van der Waals surface area (Å²) < 4.78 is 0. The summed E-state index contributed by atoms with van der Waals surface area (Å²) in [6.45, 7) is 9.42. The fraction of sp³-hybridized carbons (Fsp3) is 0.571. The van der Waals surface area contributed by atoms with Crippen LogP contribution in [0, 0.1) is 6.92 Å². The zero-order valence-corrected chi connectivity index (χ0v) is 11.8. The van der Waals surface area contributed by atoms with Crippen LogP contribution in [0.25, 0.3) is 0 Å². The summed E-state index contributed by atoms with van der Waals surface area (Å²) in [6.07, 6.45) is 1.18. The Bertz CT molecular complexity index is 339. The van der Waals surface area contributed by atoms with Crippen molar-refractivity contribution in [2.24, 2.45) is 0 Å². The Hall–Kier alpha value is -0.570.